The van der Waals surface area contributed by atoms with E-state index in [1.54, 1.807) is 6.07 Å². The van der Waals surface area contributed by atoms with Gasteiger partial charge in [-0.1, -0.05) is 6.07 Å². The van der Waals surface area contributed by atoms with Crippen molar-refractivity contribution in [3.63, 3.8) is 0 Å². The highest BCUT2D eigenvalue weighted by Crippen LogP contribution is 2.73. The fraction of sp³-hybridized carbons (Fsp3) is 0.588. The Hall–Kier alpha value is -1.63. The molecule has 1 heterocycles. The van der Waals surface area contributed by atoms with E-state index in [0.717, 1.165) is 5.56 Å². The Bertz CT molecular complexity index is 778. The molecule has 0 amide bonds. The SMILES string of the molecule is CN1C2C13Cc1ccc(O)c(O)c1C1(CC(=O)CC(O)C21O)C3. The minimum Gasteiger partial charge on any atom is -0.504 e. The second-order valence-corrected chi connectivity index (χ2v) is 7.78. The van der Waals surface area contributed by atoms with Gasteiger partial charge in [0.25, 0.3) is 0 Å². The molecule has 1 aliphatic heterocycles. The number of nitrogens with zero attached hydrogens (tertiary/aromatic N) is 1. The molecule has 3 fully saturated rings. The standard InChI is InChI=1S/C17H19NO5/c1-18-14-16(18)5-8-2-3-10(20)13(22)12(8)15(7-16)6-9(19)4-11(21)17(14,15)23/h2-3,11,14,20-23H,4-7H2,1H3. The van der Waals surface area contributed by atoms with E-state index in [2.05, 4.69) is 4.90 Å². The Morgan fingerprint density at radius 3 is 2.74 bits per heavy atom. The molecule has 1 saturated heterocycles. The lowest BCUT2D eigenvalue weighted by atomic mass is 9.56. The van der Waals surface area contributed by atoms with Crippen molar-refractivity contribution in [3.05, 3.63) is 23.3 Å². The van der Waals surface area contributed by atoms with Crippen LogP contribution in [-0.2, 0) is 16.6 Å². The van der Waals surface area contributed by atoms with E-state index in [1.807, 2.05) is 7.05 Å². The fourth-order valence-corrected chi connectivity index (χ4v) is 6.16. The Balaban J connectivity index is 1.86. The number of ketones is 1. The minimum absolute atomic E-state index is 0.0619. The Morgan fingerprint density at radius 2 is 2.00 bits per heavy atom. The number of hydrogen-bond donors (Lipinski definition) is 4. The Morgan fingerprint density at radius 1 is 1.26 bits per heavy atom. The largest absolute Gasteiger partial charge is 0.504 e. The molecule has 1 aromatic carbocycles. The molecule has 2 spiro atoms. The zero-order valence-corrected chi connectivity index (χ0v) is 12.8. The summed E-state index contributed by atoms with van der Waals surface area (Å²) < 4.78 is 0. The quantitative estimate of drug-likeness (QED) is 0.391. The van der Waals surface area contributed by atoms with E-state index in [9.17, 15) is 25.2 Å². The van der Waals surface area contributed by atoms with Crippen LogP contribution in [0.3, 0.4) is 0 Å². The van der Waals surface area contributed by atoms with E-state index in [-0.39, 0.29) is 41.7 Å². The third-order valence-electron chi connectivity index (χ3n) is 6.97. The van der Waals surface area contributed by atoms with Crippen LogP contribution in [0.1, 0.15) is 30.4 Å². The number of aliphatic hydroxyl groups is 2. The van der Waals surface area contributed by atoms with Crippen LogP contribution in [-0.4, -0.2) is 61.4 Å². The van der Waals surface area contributed by atoms with Crippen LogP contribution >= 0.6 is 0 Å². The number of phenolic OH excluding ortho intramolecular Hbond substituents is 2. The van der Waals surface area contributed by atoms with E-state index in [0.29, 0.717) is 18.4 Å². The van der Waals surface area contributed by atoms with Gasteiger partial charge in [-0.3, -0.25) is 9.69 Å². The van der Waals surface area contributed by atoms with Gasteiger partial charge in [-0.2, -0.15) is 0 Å². The van der Waals surface area contributed by atoms with Gasteiger partial charge in [0.05, 0.1) is 12.1 Å². The number of carbonyl (C=O) groups excluding carboxylic acids is 1. The lowest BCUT2D eigenvalue weighted by Crippen LogP contribution is -2.65. The second-order valence-electron chi connectivity index (χ2n) is 7.78. The molecule has 4 aliphatic rings. The molecule has 5 rings (SSSR count). The lowest BCUT2D eigenvalue weighted by Gasteiger charge is -2.52. The van der Waals surface area contributed by atoms with Crippen LogP contribution < -0.4 is 0 Å². The summed E-state index contributed by atoms with van der Waals surface area (Å²) in [7, 11) is 1.93. The summed E-state index contributed by atoms with van der Waals surface area (Å²) in [6, 6.07) is 2.98. The van der Waals surface area contributed by atoms with Gasteiger partial charge in [0, 0.05) is 29.4 Å². The molecule has 122 valence electrons. The number of fused-ring (bicyclic) bond motifs is 2. The number of rotatable bonds is 0. The van der Waals surface area contributed by atoms with E-state index >= 15 is 0 Å². The van der Waals surface area contributed by atoms with Gasteiger partial charge < -0.3 is 20.4 Å². The first-order valence-electron chi connectivity index (χ1n) is 7.97. The van der Waals surface area contributed by atoms with Crippen molar-refractivity contribution in [3.8, 4) is 11.5 Å². The number of likely N-dealkylation sites (N-methyl/N-ethyl adjacent to an activating group) is 1. The topological polar surface area (TPSA) is 101 Å². The number of hydrogen-bond acceptors (Lipinski definition) is 6. The summed E-state index contributed by atoms with van der Waals surface area (Å²) in [4.78, 5) is 14.3. The molecule has 6 unspecified atom stereocenters. The highest BCUT2D eigenvalue weighted by atomic mass is 16.4. The van der Waals surface area contributed by atoms with E-state index in [1.165, 1.54) is 6.07 Å². The number of aromatic hydroxyl groups is 2. The molecule has 1 aromatic rings. The molecule has 4 N–H and O–H groups in total. The van der Waals surface area contributed by atoms with Gasteiger partial charge in [-0.25, -0.2) is 0 Å². The molecule has 23 heavy (non-hydrogen) atoms. The molecule has 0 aromatic heterocycles. The van der Waals surface area contributed by atoms with Crippen LogP contribution in [0.4, 0.5) is 0 Å². The van der Waals surface area contributed by atoms with Crippen molar-refractivity contribution in [2.75, 3.05) is 7.05 Å². The zero-order chi connectivity index (χ0) is 16.4. The average Bonchev–Trinajstić information content (AvgIpc) is 2.95. The average molecular weight is 317 g/mol. The molecule has 0 radical (unpaired) electrons. The van der Waals surface area contributed by atoms with Gasteiger partial charge in [0.2, 0.25) is 0 Å². The normalized spacial score (nSPS) is 49.3. The van der Waals surface area contributed by atoms with Crippen LogP contribution in [0.15, 0.2) is 12.1 Å². The molecule has 6 atom stereocenters. The van der Waals surface area contributed by atoms with Gasteiger partial charge in [-0.05, 0) is 31.5 Å². The first-order valence-corrected chi connectivity index (χ1v) is 7.97. The number of Topliss-reactive ketones (excluding diaryl/α,β-unsaturated/α-hetero) is 1. The van der Waals surface area contributed by atoms with Gasteiger partial charge in [0.15, 0.2) is 11.5 Å². The van der Waals surface area contributed by atoms with Crippen molar-refractivity contribution in [2.24, 2.45) is 0 Å². The van der Waals surface area contributed by atoms with Crippen LogP contribution in [0.2, 0.25) is 0 Å². The second kappa shape index (κ2) is 3.55. The summed E-state index contributed by atoms with van der Waals surface area (Å²) in [6.07, 6.45) is 0.0325. The van der Waals surface area contributed by atoms with Gasteiger partial charge in [-0.15, -0.1) is 0 Å². The fourth-order valence-electron chi connectivity index (χ4n) is 6.16. The number of phenols is 2. The number of benzene rings is 1. The van der Waals surface area contributed by atoms with Crippen LogP contribution in [0, 0.1) is 0 Å². The van der Waals surface area contributed by atoms with Crippen molar-refractivity contribution in [2.45, 2.75) is 54.4 Å². The third-order valence-corrected chi connectivity index (χ3v) is 6.97. The maximum Gasteiger partial charge on any atom is 0.161 e. The summed E-state index contributed by atoms with van der Waals surface area (Å²) in [5.41, 5.74) is -1.46. The van der Waals surface area contributed by atoms with Gasteiger partial charge in [0.1, 0.15) is 11.4 Å². The monoisotopic (exact) mass is 317 g/mol. The summed E-state index contributed by atoms with van der Waals surface area (Å²) in [6.45, 7) is 0. The highest BCUT2D eigenvalue weighted by molar-refractivity contribution is 5.85. The molecule has 6 heteroatoms. The predicted octanol–water partition coefficient (Wildman–Crippen LogP) is -0.197. The lowest BCUT2D eigenvalue weighted by molar-refractivity contribution is -0.164. The van der Waals surface area contributed by atoms with Crippen molar-refractivity contribution < 1.29 is 25.2 Å². The maximum absolute atomic E-state index is 12.2. The maximum atomic E-state index is 12.2. The Labute approximate surface area is 133 Å². The van der Waals surface area contributed by atoms with Crippen molar-refractivity contribution in [1.82, 2.24) is 4.90 Å². The number of likely N-dealkylation sites (tertiary alicyclic amines) is 1. The number of aliphatic hydroxyl groups excluding tert-OH is 1. The minimum atomic E-state index is -1.48. The van der Waals surface area contributed by atoms with Gasteiger partial charge >= 0.3 is 0 Å². The summed E-state index contributed by atoms with van der Waals surface area (Å²) in [5.74, 6) is -0.628. The van der Waals surface area contributed by atoms with E-state index in [4.69, 9.17) is 0 Å². The summed E-state index contributed by atoms with van der Waals surface area (Å²) in [5, 5.41) is 42.6. The molecular weight excluding hydrogens is 298 g/mol. The molecular formula is C17H19NO5. The van der Waals surface area contributed by atoms with Crippen LogP contribution in [0.5, 0.6) is 11.5 Å². The Kier molecular flexibility index (Phi) is 2.13. The van der Waals surface area contributed by atoms with Crippen molar-refractivity contribution >= 4 is 5.78 Å². The first-order chi connectivity index (χ1) is 10.8. The predicted molar refractivity (Wildman–Crippen MR) is 79.3 cm³/mol. The first kappa shape index (κ1) is 13.8. The number of piperidine rings is 1. The molecule has 2 saturated carbocycles. The molecule has 6 nitrogen and oxygen atoms in total. The highest BCUT2D eigenvalue weighted by Gasteiger charge is 2.86. The smallest absolute Gasteiger partial charge is 0.161 e. The van der Waals surface area contributed by atoms with Crippen LogP contribution in [0.25, 0.3) is 0 Å². The number of carbonyl (C=O) groups is 1. The summed E-state index contributed by atoms with van der Waals surface area (Å²) >= 11 is 0. The molecule has 2 bridgehead atoms. The van der Waals surface area contributed by atoms with E-state index < -0.39 is 17.1 Å². The third kappa shape index (κ3) is 1.18. The molecule has 3 aliphatic carbocycles. The zero-order valence-electron chi connectivity index (χ0n) is 12.8. The van der Waals surface area contributed by atoms with Crippen molar-refractivity contribution in [1.29, 1.82) is 0 Å².